The van der Waals surface area contributed by atoms with Gasteiger partial charge < -0.3 is 9.47 Å². The van der Waals surface area contributed by atoms with Crippen LogP contribution in [0.15, 0.2) is 0 Å². The molecule has 0 atom stereocenters. The van der Waals surface area contributed by atoms with E-state index in [0.29, 0.717) is 11.7 Å². The number of esters is 1. The predicted octanol–water partition coefficient (Wildman–Crippen LogP) is 1.46. The molecule has 0 radical (unpaired) electrons. The molecule has 0 aliphatic carbocycles. The normalized spacial score (nSPS) is 18.5. The van der Waals surface area contributed by atoms with E-state index in [2.05, 4.69) is 4.74 Å². The first-order valence-electron chi connectivity index (χ1n) is 4.59. The Hall–Kier alpha value is -0.220. The third-order valence-corrected chi connectivity index (χ3v) is 3.44. The van der Waals surface area contributed by atoms with Gasteiger partial charge in [-0.15, -0.1) is 0 Å². The summed E-state index contributed by atoms with van der Waals surface area (Å²) in [6, 6.07) is 0. The number of hydrogen-bond donors (Lipinski definition) is 0. The van der Waals surface area contributed by atoms with E-state index in [4.69, 9.17) is 4.74 Å². The lowest BCUT2D eigenvalue weighted by Gasteiger charge is -2.21. The van der Waals surface area contributed by atoms with Gasteiger partial charge >= 0.3 is 5.97 Å². The van der Waals surface area contributed by atoms with E-state index >= 15 is 0 Å². The van der Waals surface area contributed by atoms with E-state index in [1.807, 2.05) is 11.8 Å². The molecule has 0 N–H and O–H groups in total. The maximum atomic E-state index is 10.8. The van der Waals surface area contributed by atoms with Crippen LogP contribution in [0.4, 0.5) is 0 Å². The largest absolute Gasteiger partial charge is 0.469 e. The Bertz CT molecular complexity index is 155. The zero-order valence-corrected chi connectivity index (χ0v) is 8.77. The molecule has 0 spiro atoms. The Balaban J connectivity index is 2.01. The van der Waals surface area contributed by atoms with E-state index in [9.17, 15) is 4.79 Å². The van der Waals surface area contributed by atoms with Crippen molar-refractivity contribution in [2.45, 2.75) is 24.5 Å². The molecule has 0 bridgehead atoms. The van der Waals surface area contributed by atoms with Gasteiger partial charge in [0.15, 0.2) is 0 Å². The molecule has 1 aliphatic rings. The first-order valence-corrected chi connectivity index (χ1v) is 5.64. The average Bonchev–Trinajstić information content (AvgIpc) is 2.19. The van der Waals surface area contributed by atoms with E-state index in [-0.39, 0.29) is 5.97 Å². The molecule has 1 fully saturated rings. The summed E-state index contributed by atoms with van der Waals surface area (Å²) in [7, 11) is 1.43. The second-order valence-electron chi connectivity index (χ2n) is 3.01. The molecule has 76 valence electrons. The van der Waals surface area contributed by atoms with E-state index in [1.54, 1.807) is 0 Å². The third kappa shape index (κ3) is 4.52. The number of rotatable bonds is 4. The van der Waals surface area contributed by atoms with Crippen molar-refractivity contribution < 1.29 is 14.3 Å². The summed E-state index contributed by atoms with van der Waals surface area (Å²) in [6.07, 6.45) is 2.76. The minimum Gasteiger partial charge on any atom is -0.469 e. The summed E-state index contributed by atoms with van der Waals surface area (Å²) in [4.78, 5) is 10.8. The summed E-state index contributed by atoms with van der Waals surface area (Å²) < 4.78 is 9.81. The fourth-order valence-corrected chi connectivity index (χ4v) is 2.40. The quantitative estimate of drug-likeness (QED) is 0.649. The van der Waals surface area contributed by atoms with Crippen LogP contribution in [0.3, 0.4) is 0 Å². The monoisotopic (exact) mass is 204 g/mol. The molecule has 0 aromatic carbocycles. The second kappa shape index (κ2) is 6.27. The minimum atomic E-state index is -0.112. The lowest BCUT2D eigenvalue weighted by atomic mass is 10.2. The molecule has 0 unspecified atom stereocenters. The van der Waals surface area contributed by atoms with Gasteiger partial charge in [-0.1, -0.05) is 0 Å². The van der Waals surface area contributed by atoms with Gasteiger partial charge in [-0.05, 0) is 12.8 Å². The van der Waals surface area contributed by atoms with Crippen molar-refractivity contribution in [1.82, 2.24) is 0 Å². The van der Waals surface area contributed by atoms with Crippen molar-refractivity contribution >= 4 is 17.7 Å². The first kappa shape index (κ1) is 10.9. The van der Waals surface area contributed by atoms with Crippen LogP contribution in [0.2, 0.25) is 0 Å². The van der Waals surface area contributed by atoms with Crippen LogP contribution in [0.1, 0.15) is 19.3 Å². The van der Waals surface area contributed by atoms with Crippen LogP contribution in [0.5, 0.6) is 0 Å². The van der Waals surface area contributed by atoms with E-state index in [0.717, 1.165) is 31.8 Å². The van der Waals surface area contributed by atoms with Crippen LogP contribution in [0, 0.1) is 0 Å². The van der Waals surface area contributed by atoms with Crippen molar-refractivity contribution in [3.05, 3.63) is 0 Å². The van der Waals surface area contributed by atoms with Crippen molar-refractivity contribution in [1.29, 1.82) is 0 Å². The molecule has 0 aromatic rings. The predicted molar refractivity (Wildman–Crippen MR) is 52.9 cm³/mol. The summed E-state index contributed by atoms with van der Waals surface area (Å²) in [5, 5.41) is 0.679. The number of hydrogen-bond acceptors (Lipinski definition) is 4. The molecule has 0 saturated carbocycles. The molecule has 1 aliphatic heterocycles. The van der Waals surface area contributed by atoms with Crippen molar-refractivity contribution in [3.8, 4) is 0 Å². The van der Waals surface area contributed by atoms with Crippen LogP contribution in [0.25, 0.3) is 0 Å². The van der Waals surface area contributed by atoms with Crippen LogP contribution < -0.4 is 0 Å². The summed E-state index contributed by atoms with van der Waals surface area (Å²) >= 11 is 1.86. The Labute approximate surface area is 83.2 Å². The Kier molecular flexibility index (Phi) is 5.23. The zero-order valence-electron chi connectivity index (χ0n) is 7.95. The highest BCUT2D eigenvalue weighted by Gasteiger charge is 2.14. The van der Waals surface area contributed by atoms with Gasteiger partial charge in [0.2, 0.25) is 0 Å². The van der Waals surface area contributed by atoms with Gasteiger partial charge in [0.1, 0.15) is 0 Å². The fraction of sp³-hybridized carbons (Fsp3) is 0.889. The van der Waals surface area contributed by atoms with Gasteiger partial charge in [0, 0.05) is 24.2 Å². The summed E-state index contributed by atoms with van der Waals surface area (Å²) in [5.41, 5.74) is 0. The van der Waals surface area contributed by atoms with Gasteiger partial charge in [-0.2, -0.15) is 11.8 Å². The Morgan fingerprint density at radius 2 is 2.23 bits per heavy atom. The Morgan fingerprint density at radius 3 is 2.85 bits per heavy atom. The maximum absolute atomic E-state index is 10.8. The molecule has 0 aromatic heterocycles. The van der Waals surface area contributed by atoms with Crippen molar-refractivity contribution in [3.63, 3.8) is 0 Å². The lowest BCUT2D eigenvalue weighted by Crippen LogP contribution is -2.18. The number of methoxy groups -OCH3 is 1. The number of thioether (sulfide) groups is 1. The lowest BCUT2D eigenvalue weighted by molar-refractivity contribution is -0.140. The van der Waals surface area contributed by atoms with Crippen molar-refractivity contribution in [2.24, 2.45) is 0 Å². The molecule has 1 heterocycles. The van der Waals surface area contributed by atoms with Gasteiger partial charge in [-0.3, -0.25) is 4.79 Å². The molecule has 13 heavy (non-hydrogen) atoms. The molecular formula is C9H16O3S. The van der Waals surface area contributed by atoms with Crippen molar-refractivity contribution in [2.75, 3.05) is 26.1 Å². The standard InChI is InChI=1S/C9H16O3S/c1-11-9(10)4-7-13-8-2-5-12-6-3-8/h8H,2-7H2,1H3. The fourth-order valence-electron chi connectivity index (χ4n) is 1.25. The highest BCUT2D eigenvalue weighted by Crippen LogP contribution is 2.22. The third-order valence-electron chi connectivity index (χ3n) is 2.06. The van der Waals surface area contributed by atoms with Crippen LogP contribution >= 0.6 is 11.8 Å². The SMILES string of the molecule is COC(=O)CCSC1CCOCC1. The highest BCUT2D eigenvalue weighted by molar-refractivity contribution is 7.99. The molecule has 0 amide bonds. The van der Waals surface area contributed by atoms with Gasteiger partial charge in [-0.25, -0.2) is 0 Å². The summed E-state index contributed by atoms with van der Waals surface area (Å²) in [5.74, 6) is 0.761. The molecule has 1 rings (SSSR count). The number of carbonyl (C=O) groups is 1. The molecular weight excluding hydrogens is 188 g/mol. The topological polar surface area (TPSA) is 35.5 Å². The smallest absolute Gasteiger partial charge is 0.306 e. The average molecular weight is 204 g/mol. The molecule has 4 heteroatoms. The van der Waals surface area contributed by atoms with Gasteiger partial charge in [0.05, 0.1) is 13.5 Å². The van der Waals surface area contributed by atoms with E-state index in [1.165, 1.54) is 7.11 Å². The Morgan fingerprint density at radius 1 is 1.54 bits per heavy atom. The summed E-state index contributed by atoms with van der Waals surface area (Å²) in [6.45, 7) is 1.74. The second-order valence-corrected chi connectivity index (χ2v) is 4.42. The number of ether oxygens (including phenoxy) is 2. The zero-order chi connectivity index (χ0) is 9.52. The van der Waals surface area contributed by atoms with Gasteiger partial charge in [0.25, 0.3) is 0 Å². The van der Waals surface area contributed by atoms with E-state index < -0.39 is 0 Å². The number of carbonyl (C=O) groups excluding carboxylic acids is 1. The minimum absolute atomic E-state index is 0.112. The van der Waals surface area contributed by atoms with Crippen LogP contribution in [-0.2, 0) is 14.3 Å². The maximum Gasteiger partial charge on any atom is 0.306 e. The highest BCUT2D eigenvalue weighted by atomic mass is 32.2. The molecule has 3 nitrogen and oxygen atoms in total. The molecule has 1 saturated heterocycles. The van der Waals surface area contributed by atoms with Crippen LogP contribution in [-0.4, -0.2) is 37.3 Å². The first-order chi connectivity index (χ1) is 6.33.